The topological polar surface area (TPSA) is 78.2 Å². The molecular weight excluding hydrogens is 316 g/mol. The average molecular weight is 334 g/mol. The van der Waals surface area contributed by atoms with Crippen molar-refractivity contribution in [1.29, 1.82) is 0 Å². The Kier molecular flexibility index (Phi) is 6.79. The van der Waals surface area contributed by atoms with E-state index in [4.69, 9.17) is 5.14 Å². The van der Waals surface area contributed by atoms with Crippen LogP contribution in [0.15, 0.2) is 64.4 Å². The predicted molar refractivity (Wildman–Crippen MR) is 90.9 cm³/mol. The summed E-state index contributed by atoms with van der Waals surface area (Å²) in [5.74, 6) is 0.434. The monoisotopic (exact) mass is 334 g/mol. The SMILES string of the molecule is N[S+]([O-])c1ccc(CCNC(=O)CSc2ccccc2)cc1. The first kappa shape index (κ1) is 16.9. The van der Waals surface area contributed by atoms with Crippen molar-refractivity contribution in [3.05, 3.63) is 60.2 Å². The van der Waals surface area contributed by atoms with Crippen LogP contribution < -0.4 is 10.5 Å². The number of hydrogen-bond donors (Lipinski definition) is 2. The van der Waals surface area contributed by atoms with Crippen LogP contribution in [0.2, 0.25) is 0 Å². The number of benzene rings is 2. The van der Waals surface area contributed by atoms with Gasteiger partial charge in [-0.25, -0.2) is 0 Å². The molecule has 0 aliphatic rings. The maximum Gasteiger partial charge on any atom is 0.230 e. The van der Waals surface area contributed by atoms with Gasteiger partial charge in [0.1, 0.15) is 0 Å². The van der Waals surface area contributed by atoms with Crippen LogP contribution in [0.25, 0.3) is 0 Å². The lowest BCUT2D eigenvalue weighted by atomic mass is 10.1. The van der Waals surface area contributed by atoms with Gasteiger partial charge < -0.3 is 9.87 Å². The Bertz CT molecular complexity index is 589. The molecule has 3 N–H and O–H groups in total. The first-order valence-electron chi connectivity index (χ1n) is 6.85. The summed E-state index contributed by atoms with van der Waals surface area (Å²) in [5, 5.41) is 8.19. The molecular formula is C16H18N2O2S2. The summed E-state index contributed by atoms with van der Waals surface area (Å²) in [6, 6.07) is 17.1. The van der Waals surface area contributed by atoms with E-state index in [0.29, 0.717) is 17.2 Å². The number of amides is 1. The minimum absolute atomic E-state index is 0.0218. The van der Waals surface area contributed by atoms with Crippen molar-refractivity contribution >= 4 is 29.0 Å². The molecule has 2 aromatic carbocycles. The molecule has 6 heteroatoms. The number of carbonyl (C=O) groups is 1. The molecule has 0 radical (unpaired) electrons. The van der Waals surface area contributed by atoms with Crippen LogP contribution in [-0.2, 0) is 22.6 Å². The van der Waals surface area contributed by atoms with Crippen molar-refractivity contribution in [1.82, 2.24) is 5.32 Å². The van der Waals surface area contributed by atoms with Crippen LogP contribution in [-0.4, -0.2) is 22.8 Å². The first-order chi connectivity index (χ1) is 10.6. The highest BCUT2D eigenvalue weighted by Gasteiger charge is 2.05. The quantitative estimate of drug-likeness (QED) is 0.600. The maximum absolute atomic E-state index is 11.8. The second kappa shape index (κ2) is 8.85. The standard InChI is InChI=1S/C16H18N2O2S2/c17-22(20)15-8-6-13(7-9-15)10-11-18-16(19)12-21-14-4-2-1-3-5-14/h1-9H,10-12,17H2,(H,18,19). The molecule has 4 nitrogen and oxygen atoms in total. The van der Waals surface area contributed by atoms with E-state index in [1.807, 2.05) is 42.5 Å². The molecule has 0 fully saturated rings. The highest BCUT2D eigenvalue weighted by Crippen LogP contribution is 2.16. The molecule has 0 aliphatic heterocycles. The smallest absolute Gasteiger partial charge is 0.230 e. The predicted octanol–water partition coefficient (Wildman–Crippen LogP) is 2.12. The van der Waals surface area contributed by atoms with Gasteiger partial charge in [-0.15, -0.1) is 16.9 Å². The Balaban J connectivity index is 1.68. The zero-order valence-electron chi connectivity index (χ0n) is 12.0. The van der Waals surface area contributed by atoms with Crippen LogP contribution >= 0.6 is 11.8 Å². The Labute approximate surface area is 137 Å². The van der Waals surface area contributed by atoms with Gasteiger partial charge in [0.2, 0.25) is 5.91 Å². The third-order valence-electron chi connectivity index (χ3n) is 3.00. The summed E-state index contributed by atoms with van der Waals surface area (Å²) in [6.07, 6.45) is 0.735. The van der Waals surface area contributed by atoms with Gasteiger partial charge in [0.05, 0.1) is 17.1 Å². The van der Waals surface area contributed by atoms with E-state index in [9.17, 15) is 9.35 Å². The molecule has 0 aliphatic carbocycles. The number of hydrogen-bond acceptors (Lipinski definition) is 4. The molecule has 0 heterocycles. The number of thioether (sulfide) groups is 1. The second-order valence-electron chi connectivity index (χ2n) is 4.64. The Morgan fingerprint density at radius 2 is 1.82 bits per heavy atom. The Morgan fingerprint density at radius 3 is 2.45 bits per heavy atom. The van der Waals surface area contributed by atoms with Gasteiger partial charge in [-0.05, 0) is 36.2 Å². The maximum atomic E-state index is 11.8. The van der Waals surface area contributed by atoms with Crippen LogP contribution in [0.5, 0.6) is 0 Å². The number of nitrogens with one attached hydrogen (secondary N) is 1. The van der Waals surface area contributed by atoms with E-state index >= 15 is 0 Å². The fourth-order valence-corrected chi connectivity index (χ4v) is 3.01. The third-order valence-corrected chi connectivity index (χ3v) is 4.75. The minimum atomic E-state index is -1.44. The molecule has 22 heavy (non-hydrogen) atoms. The molecule has 0 aromatic heterocycles. The van der Waals surface area contributed by atoms with E-state index in [1.54, 1.807) is 12.1 Å². The first-order valence-corrected chi connectivity index (χ1v) is 9.04. The summed E-state index contributed by atoms with van der Waals surface area (Å²) in [5.41, 5.74) is 1.07. The van der Waals surface area contributed by atoms with Crippen LogP contribution in [0.1, 0.15) is 5.56 Å². The van der Waals surface area contributed by atoms with Crippen molar-refractivity contribution in [3.63, 3.8) is 0 Å². The van der Waals surface area contributed by atoms with Gasteiger partial charge in [0.15, 0.2) is 4.90 Å². The normalized spacial score (nSPS) is 11.9. The van der Waals surface area contributed by atoms with Gasteiger partial charge >= 0.3 is 0 Å². The van der Waals surface area contributed by atoms with Crippen molar-refractivity contribution in [2.75, 3.05) is 12.3 Å². The molecule has 2 aromatic rings. The molecule has 0 spiro atoms. The van der Waals surface area contributed by atoms with Crippen LogP contribution in [0.4, 0.5) is 0 Å². The Hall–Kier alpha value is -1.47. The molecule has 0 saturated heterocycles. The fraction of sp³-hybridized carbons (Fsp3) is 0.188. The van der Waals surface area contributed by atoms with E-state index in [1.165, 1.54) is 11.8 Å². The largest absolute Gasteiger partial charge is 0.593 e. The Morgan fingerprint density at radius 1 is 1.14 bits per heavy atom. The summed E-state index contributed by atoms with van der Waals surface area (Å²) < 4.78 is 11.1. The van der Waals surface area contributed by atoms with Crippen molar-refractivity contribution in [3.8, 4) is 0 Å². The van der Waals surface area contributed by atoms with E-state index in [-0.39, 0.29) is 5.91 Å². The molecule has 0 saturated carbocycles. The zero-order chi connectivity index (χ0) is 15.8. The molecule has 0 bridgehead atoms. The third kappa shape index (κ3) is 5.73. The zero-order valence-corrected chi connectivity index (χ0v) is 13.7. The lowest BCUT2D eigenvalue weighted by Crippen LogP contribution is -2.27. The van der Waals surface area contributed by atoms with Gasteiger partial charge in [0, 0.05) is 11.4 Å². The van der Waals surface area contributed by atoms with Crippen LogP contribution in [0.3, 0.4) is 0 Å². The van der Waals surface area contributed by atoms with E-state index in [0.717, 1.165) is 16.9 Å². The van der Waals surface area contributed by atoms with Gasteiger partial charge in [-0.3, -0.25) is 4.79 Å². The van der Waals surface area contributed by atoms with Crippen molar-refractivity contribution in [2.24, 2.45) is 5.14 Å². The summed E-state index contributed by atoms with van der Waals surface area (Å²) in [7, 11) is 0. The van der Waals surface area contributed by atoms with E-state index in [2.05, 4.69) is 5.32 Å². The number of nitrogens with two attached hydrogens (primary N) is 1. The summed E-state index contributed by atoms with van der Waals surface area (Å²) >= 11 is 0.0764. The molecule has 1 amide bonds. The second-order valence-corrected chi connectivity index (χ2v) is 6.76. The molecule has 1 atom stereocenters. The molecule has 2 rings (SSSR count). The highest BCUT2D eigenvalue weighted by atomic mass is 32.2. The highest BCUT2D eigenvalue weighted by molar-refractivity contribution is 8.00. The summed E-state index contributed by atoms with van der Waals surface area (Å²) in [6.45, 7) is 0.583. The molecule has 1 unspecified atom stereocenters. The average Bonchev–Trinajstić information content (AvgIpc) is 2.54. The minimum Gasteiger partial charge on any atom is -0.593 e. The lowest BCUT2D eigenvalue weighted by molar-refractivity contribution is -0.118. The van der Waals surface area contributed by atoms with Crippen molar-refractivity contribution < 1.29 is 9.35 Å². The summed E-state index contributed by atoms with van der Waals surface area (Å²) in [4.78, 5) is 13.5. The lowest BCUT2D eigenvalue weighted by Gasteiger charge is -2.06. The van der Waals surface area contributed by atoms with Gasteiger partial charge in [-0.1, -0.05) is 30.3 Å². The fourth-order valence-electron chi connectivity index (χ4n) is 1.85. The molecule has 116 valence electrons. The van der Waals surface area contributed by atoms with Gasteiger partial charge in [0.25, 0.3) is 0 Å². The van der Waals surface area contributed by atoms with E-state index < -0.39 is 11.4 Å². The van der Waals surface area contributed by atoms with Crippen LogP contribution in [0, 0.1) is 0 Å². The van der Waals surface area contributed by atoms with Gasteiger partial charge in [-0.2, -0.15) is 0 Å². The number of rotatable bonds is 7. The number of carbonyl (C=O) groups excluding carboxylic acids is 1. The van der Waals surface area contributed by atoms with Crippen molar-refractivity contribution in [2.45, 2.75) is 16.2 Å².